The number of rotatable bonds is 7. The Morgan fingerprint density at radius 3 is 2.56 bits per heavy atom. The second kappa shape index (κ2) is 8.04. The van der Waals surface area contributed by atoms with Crippen molar-refractivity contribution >= 4 is 0 Å². The molecule has 0 spiro atoms. The number of ether oxygens (including phenoxy) is 1. The molecular formula is C13H28N2O. The van der Waals surface area contributed by atoms with Crippen LogP contribution < -0.4 is 5.32 Å². The van der Waals surface area contributed by atoms with Gasteiger partial charge in [-0.05, 0) is 52.7 Å². The van der Waals surface area contributed by atoms with Crippen LogP contribution in [0.4, 0.5) is 0 Å². The van der Waals surface area contributed by atoms with Crippen molar-refractivity contribution in [1.82, 2.24) is 10.2 Å². The second-order valence-corrected chi connectivity index (χ2v) is 4.90. The van der Waals surface area contributed by atoms with Crippen molar-refractivity contribution in [3.05, 3.63) is 0 Å². The summed E-state index contributed by atoms with van der Waals surface area (Å²) in [5.41, 5.74) is 0. The summed E-state index contributed by atoms with van der Waals surface area (Å²) in [7, 11) is 0. The molecule has 1 heterocycles. The van der Waals surface area contributed by atoms with Crippen molar-refractivity contribution < 1.29 is 4.74 Å². The summed E-state index contributed by atoms with van der Waals surface area (Å²) in [6.45, 7) is 12.2. The SMILES string of the molecule is CCN(CCCOC1CCNCC1)C(C)C. The van der Waals surface area contributed by atoms with E-state index in [2.05, 4.69) is 31.0 Å². The Hall–Kier alpha value is -0.120. The van der Waals surface area contributed by atoms with E-state index in [1.54, 1.807) is 0 Å². The molecule has 0 aromatic rings. The molecule has 3 nitrogen and oxygen atoms in total. The molecule has 0 atom stereocenters. The van der Waals surface area contributed by atoms with Gasteiger partial charge in [0.2, 0.25) is 0 Å². The molecule has 0 amide bonds. The molecule has 0 bridgehead atoms. The average molecular weight is 228 g/mol. The highest BCUT2D eigenvalue weighted by molar-refractivity contribution is 4.68. The zero-order chi connectivity index (χ0) is 11.8. The molecule has 0 aromatic heterocycles. The van der Waals surface area contributed by atoms with Crippen LogP contribution in [0, 0.1) is 0 Å². The van der Waals surface area contributed by atoms with Crippen molar-refractivity contribution in [2.24, 2.45) is 0 Å². The number of nitrogens with one attached hydrogen (secondary N) is 1. The Kier molecular flexibility index (Phi) is 7.01. The van der Waals surface area contributed by atoms with E-state index in [1.165, 1.54) is 19.4 Å². The van der Waals surface area contributed by atoms with Gasteiger partial charge in [0, 0.05) is 19.2 Å². The van der Waals surface area contributed by atoms with E-state index in [4.69, 9.17) is 4.74 Å². The molecule has 1 aliphatic rings. The number of hydrogen-bond acceptors (Lipinski definition) is 3. The molecule has 1 rings (SSSR count). The van der Waals surface area contributed by atoms with E-state index in [1.807, 2.05) is 0 Å². The summed E-state index contributed by atoms with van der Waals surface area (Å²) >= 11 is 0. The third-order valence-electron chi connectivity index (χ3n) is 3.37. The molecule has 96 valence electrons. The molecule has 0 unspecified atom stereocenters. The molecule has 0 saturated carbocycles. The van der Waals surface area contributed by atoms with Crippen LogP contribution >= 0.6 is 0 Å². The van der Waals surface area contributed by atoms with Gasteiger partial charge in [0.05, 0.1) is 6.10 Å². The topological polar surface area (TPSA) is 24.5 Å². The number of nitrogens with zero attached hydrogens (tertiary/aromatic N) is 1. The van der Waals surface area contributed by atoms with Gasteiger partial charge in [0.25, 0.3) is 0 Å². The molecule has 0 radical (unpaired) electrons. The Morgan fingerprint density at radius 1 is 1.31 bits per heavy atom. The van der Waals surface area contributed by atoms with E-state index >= 15 is 0 Å². The minimum atomic E-state index is 0.510. The van der Waals surface area contributed by atoms with Gasteiger partial charge in [0.15, 0.2) is 0 Å². The van der Waals surface area contributed by atoms with Crippen molar-refractivity contribution in [3.8, 4) is 0 Å². The second-order valence-electron chi connectivity index (χ2n) is 4.90. The van der Waals surface area contributed by atoms with Gasteiger partial charge in [-0.25, -0.2) is 0 Å². The minimum absolute atomic E-state index is 0.510. The van der Waals surface area contributed by atoms with Crippen LogP contribution in [0.3, 0.4) is 0 Å². The fraction of sp³-hybridized carbons (Fsp3) is 1.00. The largest absolute Gasteiger partial charge is 0.378 e. The maximum atomic E-state index is 5.89. The molecule has 1 aliphatic heterocycles. The summed E-state index contributed by atoms with van der Waals surface area (Å²) in [5, 5.41) is 3.36. The van der Waals surface area contributed by atoms with E-state index in [0.717, 1.165) is 32.7 Å². The van der Waals surface area contributed by atoms with E-state index in [-0.39, 0.29) is 0 Å². The Balaban J connectivity index is 2.01. The van der Waals surface area contributed by atoms with Gasteiger partial charge in [-0.1, -0.05) is 6.92 Å². The van der Waals surface area contributed by atoms with Crippen molar-refractivity contribution in [3.63, 3.8) is 0 Å². The molecule has 1 fully saturated rings. The first-order valence-electron chi connectivity index (χ1n) is 6.80. The average Bonchev–Trinajstić information content (AvgIpc) is 2.30. The third kappa shape index (κ3) is 5.28. The first kappa shape index (κ1) is 13.9. The van der Waals surface area contributed by atoms with Gasteiger partial charge in [-0.3, -0.25) is 0 Å². The van der Waals surface area contributed by atoms with E-state index in [9.17, 15) is 0 Å². The summed E-state index contributed by atoms with van der Waals surface area (Å²) in [6.07, 6.45) is 4.04. The van der Waals surface area contributed by atoms with Gasteiger partial charge >= 0.3 is 0 Å². The summed E-state index contributed by atoms with van der Waals surface area (Å²) < 4.78 is 5.89. The maximum Gasteiger partial charge on any atom is 0.0599 e. The van der Waals surface area contributed by atoms with E-state index < -0.39 is 0 Å². The van der Waals surface area contributed by atoms with Gasteiger partial charge < -0.3 is 15.0 Å². The van der Waals surface area contributed by atoms with E-state index in [0.29, 0.717) is 12.1 Å². The highest BCUT2D eigenvalue weighted by Gasteiger charge is 2.13. The van der Waals surface area contributed by atoms with Crippen LogP contribution in [0.5, 0.6) is 0 Å². The van der Waals surface area contributed by atoms with Crippen molar-refractivity contribution in [2.45, 2.75) is 52.2 Å². The van der Waals surface area contributed by atoms with Crippen molar-refractivity contribution in [2.75, 3.05) is 32.8 Å². The third-order valence-corrected chi connectivity index (χ3v) is 3.37. The first-order valence-corrected chi connectivity index (χ1v) is 6.80. The molecule has 3 heteroatoms. The fourth-order valence-electron chi connectivity index (χ4n) is 2.26. The van der Waals surface area contributed by atoms with Crippen LogP contribution in [0.1, 0.15) is 40.0 Å². The summed E-state index contributed by atoms with van der Waals surface area (Å²) in [6, 6.07) is 0.656. The van der Waals surface area contributed by atoms with Crippen LogP contribution in [0.2, 0.25) is 0 Å². The van der Waals surface area contributed by atoms with Gasteiger partial charge in [-0.15, -0.1) is 0 Å². The lowest BCUT2D eigenvalue weighted by atomic mass is 10.1. The lowest BCUT2D eigenvalue weighted by Gasteiger charge is -2.26. The van der Waals surface area contributed by atoms with Crippen LogP contribution in [-0.2, 0) is 4.74 Å². The molecule has 0 aromatic carbocycles. The highest BCUT2D eigenvalue weighted by atomic mass is 16.5. The fourth-order valence-corrected chi connectivity index (χ4v) is 2.26. The van der Waals surface area contributed by atoms with Crippen LogP contribution in [0.25, 0.3) is 0 Å². The van der Waals surface area contributed by atoms with Gasteiger partial charge in [-0.2, -0.15) is 0 Å². The lowest BCUT2D eigenvalue weighted by Crippen LogP contribution is -2.34. The maximum absolute atomic E-state index is 5.89. The van der Waals surface area contributed by atoms with Crippen LogP contribution in [0.15, 0.2) is 0 Å². The Morgan fingerprint density at radius 2 is 2.00 bits per heavy atom. The molecule has 0 aliphatic carbocycles. The monoisotopic (exact) mass is 228 g/mol. The number of hydrogen-bond donors (Lipinski definition) is 1. The predicted molar refractivity (Wildman–Crippen MR) is 68.8 cm³/mol. The Labute approximate surface area is 101 Å². The molecule has 1 saturated heterocycles. The van der Waals surface area contributed by atoms with Crippen molar-refractivity contribution in [1.29, 1.82) is 0 Å². The normalized spacial score (nSPS) is 18.6. The quantitative estimate of drug-likeness (QED) is 0.673. The predicted octanol–water partition coefficient (Wildman–Crippen LogP) is 1.88. The zero-order valence-electron chi connectivity index (χ0n) is 11.2. The Bertz CT molecular complexity index is 167. The molecular weight excluding hydrogens is 200 g/mol. The zero-order valence-corrected chi connectivity index (χ0v) is 11.2. The molecule has 1 N–H and O–H groups in total. The highest BCUT2D eigenvalue weighted by Crippen LogP contribution is 2.08. The minimum Gasteiger partial charge on any atom is -0.378 e. The summed E-state index contributed by atoms with van der Waals surface area (Å²) in [4.78, 5) is 2.49. The molecule has 16 heavy (non-hydrogen) atoms. The number of piperidine rings is 1. The smallest absolute Gasteiger partial charge is 0.0599 e. The lowest BCUT2D eigenvalue weighted by molar-refractivity contribution is 0.0268. The first-order chi connectivity index (χ1) is 7.74. The van der Waals surface area contributed by atoms with Gasteiger partial charge in [0.1, 0.15) is 0 Å². The summed E-state index contributed by atoms with van der Waals surface area (Å²) in [5.74, 6) is 0. The standard InChI is InChI=1S/C13H28N2O/c1-4-15(12(2)3)10-5-11-16-13-6-8-14-9-7-13/h12-14H,4-11H2,1-3H3. The van der Waals surface area contributed by atoms with Crippen LogP contribution in [-0.4, -0.2) is 49.8 Å².